The Morgan fingerprint density at radius 2 is 2.11 bits per heavy atom. The van der Waals surface area contributed by atoms with E-state index < -0.39 is 0 Å². The Kier molecular flexibility index (Phi) is 2.73. The van der Waals surface area contributed by atoms with Crippen molar-refractivity contribution >= 4 is 22.3 Å². The number of nitrogens with two attached hydrogens (primary N) is 1. The van der Waals surface area contributed by atoms with E-state index in [1.165, 1.54) is 0 Å². The first-order valence-corrected chi connectivity index (χ1v) is 6.11. The van der Waals surface area contributed by atoms with Crippen LogP contribution in [0.5, 0.6) is 0 Å². The largest absolute Gasteiger partial charge is 0.399 e. The molecule has 0 unspecified atom stereocenters. The molecule has 1 aliphatic carbocycles. The van der Waals surface area contributed by atoms with Gasteiger partial charge in [-0.05, 0) is 42.5 Å². The van der Waals surface area contributed by atoms with Crippen LogP contribution in [0.4, 0.5) is 11.5 Å². The summed E-state index contributed by atoms with van der Waals surface area (Å²) in [6.45, 7) is 0. The van der Waals surface area contributed by atoms with E-state index in [0.717, 1.165) is 40.8 Å². The van der Waals surface area contributed by atoms with Gasteiger partial charge in [-0.25, -0.2) is 4.98 Å². The van der Waals surface area contributed by atoms with Crippen molar-refractivity contribution in [3.63, 3.8) is 0 Å². The third-order valence-electron chi connectivity index (χ3n) is 3.05. The number of nitrogens with one attached hydrogen (secondary N) is 1. The molecule has 3 rings (SSSR count). The van der Waals surface area contributed by atoms with Crippen LogP contribution < -0.4 is 11.1 Å². The van der Waals surface area contributed by atoms with Crippen LogP contribution in [0.1, 0.15) is 12.8 Å². The number of hydrogen-bond donors (Lipinski definition) is 2. The molecule has 3 N–H and O–H groups in total. The lowest BCUT2D eigenvalue weighted by molar-refractivity contribution is 1.02. The summed E-state index contributed by atoms with van der Waals surface area (Å²) in [5, 5.41) is 5.55. The van der Waals surface area contributed by atoms with Crippen LogP contribution >= 0.6 is 0 Å². The highest BCUT2D eigenvalue weighted by atomic mass is 15.0. The van der Waals surface area contributed by atoms with Crippen molar-refractivity contribution < 1.29 is 0 Å². The van der Waals surface area contributed by atoms with Crippen LogP contribution in [0.2, 0.25) is 0 Å². The summed E-state index contributed by atoms with van der Waals surface area (Å²) in [6, 6.07) is 7.87. The molecule has 1 aromatic heterocycles. The topological polar surface area (TPSA) is 50.9 Å². The van der Waals surface area contributed by atoms with Gasteiger partial charge in [-0.1, -0.05) is 18.2 Å². The molecular formula is C15H15N3. The van der Waals surface area contributed by atoms with Crippen LogP contribution in [0.15, 0.2) is 54.4 Å². The lowest BCUT2D eigenvalue weighted by atomic mass is 10.1. The number of anilines is 2. The summed E-state index contributed by atoms with van der Waals surface area (Å²) in [5.41, 5.74) is 7.70. The first kappa shape index (κ1) is 10.8. The summed E-state index contributed by atoms with van der Waals surface area (Å²) in [7, 11) is 0. The smallest absolute Gasteiger partial charge is 0.138 e. The first-order valence-electron chi connectivity index (χ1n) is 6.11. The zero-order valence-corrected chi connectivity index (χ0v) is 10.1. The van der Waals surface area contributed by atoms with E-state index in [1.54, 1.807) is 0 Å². The highest BCUT2D eigenvalue weighted by molar-refractivity contribution is 5.94. The molecule has 1 aliphatic rings. The Bertz CT molecular complexity index is 641. The average Bonchev–Trinajstić information content (AvgIpc) is 2.41. The molecule has 0 saturated heterocycles. The quantitative estimate of drug-likeness (QED) is 0.786. The van der Waals surface area contributed by atoms with E-state index in [9.17, 15) is 0 Å². The van der Waals surface area contributed by atoms with Gasteiger partial charge in [-0.15, -0.1) is 0 Å². The Morgan fingerprint density at radius 3 is 2.94 bits per heavy atom. The van der Waals surface area contributed by atoms with Gasteiger partial charge in [0.25, 0.3) is 0 Å². The van der Waals surface area contributed by atoms with Gasteiger partial charge >= 0.3 is 0 Å². The zero-order chi connectivity index (χ0) is 12.4. The molecule has 2 aromatic rings. The molecule has 3 nitrogen and oxygen atoms in total. The van der Waals surface area contributed by atoms with Crippen molar-refractivity contribution in [2.45, 2.75) is 12.8 Å². The standard InChI is InChI=1S/C15H15N3/c16-12-7-6-11-8-9-17-15(14(11)10-12)18-13-4-2-1-3-5-13/h2,4-10H,1,3,16H2,(H,17,18). The normalized spacial score (nSPS) is 14.6. The third-order valence-corrected chi connectivity index (χ3v) is 3.05. The maximum Gasteiger partial charge on any atom is 0.138 e. The molecule has 90 valence electrons. The van der Waals surface area contributed by atoms with Crippen LogP contribution in [0, 0.1) is 0 Å². The number of fused-ring (bicyclic) bond motifs is 1. The zero-order valence-electron chi connectivity index (χ0n) is 10.1. The minimum Gasteiger partial charge on any atom is -0.399 e. The van der Waals surface area contributed by atoms with Gasteiger partial charge < -0.3 is 11.1 Å². The van der Waals surface area contributed by atoms with Crippen molar-refractivity contribution in [1.29, 1.82) is 0 Å². The molecule has 0 fully saturated rings. The highest BCUT2D eigenvalue weighted by Gasteiger charge is 2.04. The van der Waals surface area contributed by atoms with E-state index in [1.807, 2.05) is 30.5 Å². The van der Waals surface area contributed by atoms with E-state index in [0.29, 0.717) is 0 Å². The fourth-order valence-corrected chi connectivity index (χ4v) is 2.13. The molecule has 0 bridgehead atoms. The molecule has 3 heteroatoms. The molecule has 1 heterocycles. The molecule has 0 saturated carbocycles. The number of allylic oxidation sites excluding steroid dienone is 3. The van der Waals surface area contributed by atoms with Crippen molar-refractivity contribution in [2.24, 2.45) is 0 Å². The maximum absolute atomic E-state index is 5.84. The summed E-state index contributed by atoms with van der Waals surface area (Å²) in [4.78, 5) is 4.40. The Morgan fingerprint density at radius 1 is 1.17 bits per heavy atom. The van der Waals surface area contributed by atoms with Crippen LogP contribution in [-0.4, -0.2) is 4.98 Å². The average molecular weight is 237 g/mol. The van der Waals surface area contributed by atoms with Crippen molar-refractivity contribution in [3.8, 4) is 0 Å². The van der Waals surface area contributed by atoms with Crippen molar-refractivity contribution in [1.82, 2.24) is 4.98 Å². The van der Waals surface area contributed by atoms with Gasteiger partial charge in [-0.3, -0.25) is 0 Å². The first-order chi connectivity index (χ1) is 8.83. The lowest BCUT2D eigenvalue weighted by Crippen LogP contribution is -2.01. The predicted molar refractivity (Wildman–Crippen MR) is 76.2 cm³/mol. The second-order valence-corrected chi connectivity index (χ2v) is 4.40. The SMILES string of the molecule is Nc1ccc2ccnc(NC3=CCCC=C3)c2c1. The number of rotatable bonds is 2. The van der Waals surface area contributed by atoms with Gasteiger partial charge in [-0.2, -0.15) is 0 Å². The molecule has 18 heavy (non-hydrogen) atoms. The molecule has 1 aromatic carbocycles. The Labute approximate surface area is 106 Å². The predicted octanol–water partition coefficient (Wildman–Crippen LogP) is 3.46. The highest BCUT2D eigenvalue weighted by Crippen LogP contribution is 2.25. The van der Waals surface area contributed by atoms with E-state index in [4.69, 9.17) is 5.73 Å². The number of nitrogen functional groups attached to an aromatic ring is 1. The Balaban J connectivity index is 2.03. The van der Waals surface area contributed by atoms with Crippen LogP contribution in [0.3, 0.4) is 0 Å². The summed E-state index contributed by atoms with van der Waals surface area (Å²) >= 11 is 0. The van der Waals surface area contributed by atoms with Crippen LogP contribution in [0.25, 0.3) is 10.8 Å². The minimum absolute atomic E-state index is 0.756. The number of benzene rings is 1. The summed E-state index contributed by atoms with van der Waals surface area (Å²) in [5.74, 6) is 0.859. The van der Waals surface area contributed by atoms with Crippen molar-refractivity contribution in [2.75, 3.05) is 11.1 Å². The number of pyridine rings is 1. The molecule has 0 amide bonds. The number of hydrogen-bond acceptors (Lipinski definition) is 3. The number of nitrogens with zero attached hydrogens (tertiary/aromatic N) is 1. The van der Waals surface area contributed by atoms with Gasteiger partial charge in [0.05, 0.1) is 0 Å². The number of aromatic nitrogens is 1. The van der Waals surface area contributed by atoms with Crippen LogP contribution in [-0.2, 0) is 0 Å². The molecular weight excluding hydrogens is 222 g/mol. The second kappa shape index (κ2) is 4.53. The summed E-state index contributed by atoms with van der Waals surface area (Å²) in [6.07, 6.45) is 10.5. The molecule has 0 aliphatic heterocycles. The van der Waals surface area contributed by atoms with E-state index >= 15 is 0 Å². The second-order valence-electron chi connectivity index (χ2n) is 4.40. The van der Waals surface area contributed by atoms with Gasteiger partial charge in [0.15, 0.2) is 0 Å². The molecule has 0 atom stereocenters. The fourth-order valence-electron chi connectivity index (χ4n) is 2.13. The minimum atomic E-state index is 0.756. The van der Waals surface area contributed by atoms with E-state index in [2.05, 4.69) is 28.5 Å². The van der Waals surface area contributed by atoms with Gasteiger partial charge in [0, 0.05) is 23.0 Å². The Hall–Kier alpha value is -2.29. The summed E-state index contributed by atoms with van der Waals surface area (Å²) < 4.78 is 0. The third kappa shape index (κ3) is 2.07. The fraction of sp³-hybridized carbons (Fsp3) is 0.133. The van der Waals surface area contributed by atoms with E-state index in [-0.39, 0.29) is 0 Å². The maximum atomic E-state index is 5.84. The van der Waals surface area contributed by atoms with Gasteiger partial charge in [0.1, 0.15) is 5.82 Å². The monoisotopic (exact) mass is 237 g/mol. The molecule has 0 spiro atoms. The van der Waals surface area contributed by atoms with Gasteiger partial charge in [0.2, 0.25) is 0 Å². The van der Waals surface area contributed by atoms with Crippen molar-refractivity contribution in [3.05, 3.63) is 54.4 Å². The lowest BCUT2D eigenvalue weighted by Gasteiger charge is -2.12. The molecule has 0 radical (unpaired) electrons.